The maximum atomic E-state index is 12.4. The van der Waals surface area contributed by atoms with Crippen LogP contribution in [0.15, 0.2) is 0 Å². The summed E-state index contributed by atoms with van der Waals surface area (Å²) in [7, 11) is 0. The Labute approximate surface area is 85.4 Å². The van der Waals surface area contributed by atoms with Crippen LogP contribution in [0.1, 0.15) is 5.56 Å². The van der Waals surface area contributed by atoms with E-state index in [1.165, 1.54) is 6.07 Å². The molecule has 5 heteroatoms. The monoisotopic (exact) mass is 343 g/mol. The van der Waals surface area contributed by atoms with Gasteiger partial charge >= 0.3 is 0 Å². The third-order valence-corrected chi connectivity index (χ3v) is 1.26. The summed E-state index contributed by atoms with van der Waals surface area (Å²) in [5.41, 5.74) is -0.668. The fourth-order valence-corrected chi connectivity index (χ4v) is 0.632. The Kier molecular flexibility index (Phi) is 4.10. The van der Waals surface area contributed by atoms with Crippen molar-refractivity contribution in [1.82, 2.24) is 0 Å². The second-order valence-electron chi connectivity index (χ2n) is 2.01. The summed E-state index contributed by atoms with van der Waals surface area (Å²) in [6.07, 6.45) is 0. The molecule has 12 heavy (non-hydrogen) atoms. The molecule has 0 aliphatic heterocycles. The van der Waals surface area contributed by atoms with E-state index < -0.39 is 28.8 Å². The Morgan fingerprint density at radius 1 is 0.917 bits per heavy atom. The van der Waals surface area contributed by atoms with Gasteiger partial charge in [0.15, 0.2) is 0 Å². The molecule has 0 fully saturated rings. The zero-order valence-corrected chi connectivity index (χ0v) is 9.60. The Bertz CT molecular complexity index is 272. The number of halogens is 4. The van der Waals surface area contributed by atoms with Crippen LogP contribution in [0.2, 0.25) is 0 Å². The van der Waals surface area contributed by atoms with Crippen LogP contribution < -0.4 is 0 Å². The maximum absolute atomic E-state index is 12.4. The fraction of sp³-hybridized carbons (Fsp3) is 0.143. The summed E-state index contributed by atoms with van der Waals surface area (Å²) in [4.78, 5) is 0. The summed E-state index contributed by atoms with van der Waals surface area (Å²) in [6, 6.07) is 1.26. The van der Waals surface area contributed by atoms with Gasteiger partial charge in [-0.1, -0.05) is 12.5 Å². The van der Waals surface area contributed by atoms with Gasteiger partial charge in [0.1, 0.15) is 0 Å². The molecule has 0 unspecified atom stereocenters. The largest absolute Gasteiger partial charge is 0.281 e. The molecule has 1 aromatic carbocycles. The molecule has 64 valence electrons. The third-order valence-electron chi connectivity index (χ3n) is 1.26. The van der Waals surface area contributed by atoms with Crippen molar-refractivity contribution < 1.29 is 43.4 Å². The van der Waals surface area contributed by atoms with Crippen molar-refractivity contribution in [2.45, 2.75) is 6.92 Å². The Balaban J connectivity index is 0.00000121. The molecule has 0 atom stereocenters. The topological polar surface area (TPSA) is 0 Å². The molecular weight excluding hydrogens is 339 g/mol. The van der Waals surface area contributed by atoms with Crippen LogP contribution in [-0.4, -0.2) is 0 Å². The molecule has 0 N–H and O–H groups in total. The Morgan fingerprint density at radius 3 is 1.58 bits per heavy atom. The van der Waals surface area contributed by atoms with E-state index in [2.05, 4.69) is 0 Å². The summed E-state index contributed by atoms with van der Waals surface area (Å²) < 4.78 is 49.1. The number of benzene rings is 1. The molecule has 0 aliphatic carbocycles. The second kappa shape index (κ2) is 4.16. The average molecular weight is 342 g/mol. The Morgan fingerprint density at radius 2 is 1.25 bits per heavy atom. The number of hydrogen-bond donors (Lipinski definition) is 0. The third kappa shape index (κ3) is 1.94. The van der Waals surface area contributed by atoms with E-state index in [1.54, 1.807) is 0 Å². The minimum atomic E-state index is -1.50. The van der Waals surface area contributed by atoms with E-state index in [-0.39, 0.29) is 25.8 Å². The van der Waals surface area contributed by atoms with Crippen LogP contribution in [0.25, 0.3) is 0 Å². The molecule has 0 spiro atoms. The first-order valence-corrected chi connectivity index (χ1v) is 2.76. The van der Waals surface area contributed by atoms with Gasteiger partial charge in [-0.3, -0.25) is 8.78 Å². The van der Waals surface area contributed by atoms with Crippen LogP contribution in [-0.2, 0) is 25.8 Å². The molecule has 0 aliphatic rings. The first-order chi connectivity index (χ1) is 5.04. The Hall–Kier alpha value is -0.190. The molecular formula is C7H3F4Hf-. The summed E-state index contributed by atoms with van der Waals surface area (Å²) in [5.74, 6) is -5.80. The second-order valence-corrected chi connectivity index (χ2v) is 2.01. The van der Waals surface area contributed by atoms with Crippen LogP contribution in [0.4, 0.5) is 17.6 Å². The van der Waals surface area contributed by atoms with Gasteiger partial charge in [-0.15, -0.1) is 6.07 Å². The van der Waals surface area contributed by atoms with Crippen molar-refractivity contribution in [1.29, 1.82) is 0 Å². The van der Waals surface area contributed by atoms with E-state index in [0.29, 0.717) is 0 Å². The maximum Gasteiger partial charge on any atom is 0.0493 e. The number of rotatable bonds is 0. The summed E-state index contributed by atoms with van der Waals surface area (Å²) in [5, 5.41) is 0. The normalized spacial score (nSPS) is 9.42. The van der Waals surface area contributed by atoms with Gasteiger partial charge in [-0.25, -0.2) is 8.78 Å². The van der Waals surface area contributed by atoms with Crippen LogP contribution in [0.3, 0.4) is 0 Å². The molecule has 0 radical (unpaired) electrons. The van der Waals surface area contributed by atoms with Gasteiger partial charge in [0, 0.05) is 49.1 Å². The van der Waals surface area contributed by atoms with Crippen molar-refractivity contribution in [2.24, 2.45) is 0 Å². The summed E-state index contributed by atoms with van der Waals surface area (Å²) in [6.45, 7) is 0.949. The van der Waals surface area contributed by atoms with Crippen molar-refractivity contribution >= 4 is 0 Å². The van der Waals surface area contributed by atoms with Gasteiger partial charge in [-0.05, 0) is 0 Å². The van der Waals surface area contributed by atoms with Gasteiger partial charge in [-0.2, -0.15) is 0 Å². The molecule has 0 heterocycles. The molecule has 0 saturated heterocycles. The smallest absolute Gasteiger partial charge is 0.0493 e. The minimum Gasteiger partial charge on any atom is -0.281 e. The van der Waals surface area contributed by atoms with Crippen molar-refractivity contribution in [3.8, 4) is 0 Å². The molecule has 0 amide bonds. The SMILES string of the molecule is Cc1c(F)c(F)[c-]c(F)c1F.[Hf]. The van der Waals surface area contributed by atoms with E-state index >= 15 is 0 Å². The zero-order chi connectivity index (χ0) is 8.59. The van der Waals surface area contributed by atoms with Crippen LogP contribution >= 0.6 is 0 Å². The van der Waals surface area contributed by atoms with E-state index in [0.717, 1.165) is 6.92 Å². The van der Waals surface area contributed by atoms with Crippen LogP contribution in [0.5, 0.6) is 0 Å². The van der Waals surface area contributed by atoms with Crippen molar-refractivity contribution in [3.63, 3.8) is 0 Å². The van der Waals surface area contributed by atoms with Gasteiger partial charge in [0.2, 0.25) is 0 Å². The van der Waals surface area contributed by atoms with Crippen molar-refractivity contribution in [2.75, 3.05) is 0 Å². The molecule has 0 aromatic heterocycles. The standard InChI is InChI=1S/C7H3F4.Hf/c1-3-6(10)4(8)2-5(9)7(3)11;/h1H3;/q-1;. The quantitative estimate of drug-likeness (QED) is 0.294. The molecule has 0 saturated carbocycles. The van der Waals surface area contributed by atoms with Gasteiger partial charge in [0.05, 0.1) is 0 Å². The molecule has 1 aromatic rings. The van der Waals surface area contributed by atoms with Crippen molar-refractivity contribution in [3.05, 3.63) is 34.9 Å². The van der Waals surface area contributed by atoms with E-state index in [1.807, 2.05) is 0 Å². The first kappa shape index (κ1) is 11.8. The first-order valence-electron chi connectivity index (χ1n) is 2.76. The number of hydrogen-bond acceptors (Lipinski definition) is 0. The zero-order valence-electron chi connectivity index (χ0n) is 6.01. The van der Waals surface area contributed by atoms with Crippen LogP contribution in [0, 0.1) is 36.3 Å². The predicted molar refractivity (Wildman–Crippen MR) is 29.8 cm³/mol. The minimum absolute atomic E-state index is 0. The fourth-order valence-electron chi connectivity index (χ4n) is 0.632. The molecule has 0 nitrogen and oxygen atoms in total. The van der Waals surface area contributed by atoms with Gasteiger partial charge in [0.25, 0.3) is 0 Å². The van der Waals surface area contributed by atoms with E-state index in [9.17, 15) is 17.6 Å². The average Bonchev–Trinajstić information content (AvgIpc) is 1.97. The molecule has 0 bridgehead atoms. The van der Waals surface area contributed by atoms with E-state index in [4.69, 9.17) is 0 Å². The summed E-state index contributed by atoms with van der Waals surface area (Å²) >= 11 is 0. The predicted octanol–water partition coefficient (Wildman–Crippen LogP) is 2.35. The molecule has 1 rings (SSSR count). The van der Waals surface area contributed by atoms with Gasteiger partial charge < -0.3 is 0 Å².